The SMILES string of the molecule is Cc1cc(OCCC(C)(C)N)ccc1-c1cccc(COc2ccc(C=O)cc2)c1C. The van der Waals surface area contributed by atoms with Gasteiger partial charge in [-0.25, -0.2) is 0 Å². The highest BCUT2D eigenvalue weighted by atomic mass is 16.5. The van der Waals surface area contributed by atoms with E-state index in [1.54, 1.807) is 12.1 Å². The zero-order chi connectivity index (χ0) is 22.4. The summed E-state index contributed by atoms with van der Waals surface area (Å²) in [6.07, 6.45) is 1.63. The third-order valence-corrected chi connectivity index (χ3v) is 5.36. The standard InChI is InChI=1S/C27H31NO3/c1-19-16-24(30-15-14-27(3,4)28)12-13-25(19)26-7-5-6-22(20(26)2)18-31-23-10-8-21(17-29)9-11-23/h5-13,16-17H,14-15,18,28H2,1-4H3. The molecule has 0 spiro atoms. The van der Waals surface area contributed by atoms with Crippen molar-refractivity contribution < 1.29 is 14.3 Å². The van der Waals surface area contributed by atoms with Gasteiger partial charge < -0.3 is 15.2 Å². The summed E-state index contributed by atoms with van der Waals surface area (Å²) in [7, 11) is 0. The molecule has 0 aromatic heterocycles. The van der Waals surface area contributed by atoms with Crippen LogP contribution in [0.2, 0.25) is 0 Å². The Morgan fingerprint density at radius 1 is 0.903 bits per heavy atom. The lowest BCUT2D eigenvalue weighted by atomic mass is 9.93. The summed E-state index contributed by atoms with van der Waals surface area (Å²) in [6.45, 7) is 9.30. The molecule has 0 heterocycles. The van der Waals surface area contributed by atoms with Gasteiger partial charge in [-0.1, -0.05) is 24.3 Å². The second-order valence-corrected chi connectivity index (χ2v) is 8.63. The molecule has 162 valence electrons. The van der Waals surface area contributed by atoms with Crippen molar-refractivity contribution in [2.45, 2.75) is 46.3 Å². The Hall–Kier alpha value is -3.11. The number of aryl methyl sites for hydroxylation is 1. The lowest BCUT2D eigenvalue weighted by Crippen LogP contribution is -2.33. The molecule has 0 saturated heterocycles. The smallest absolute Gasteiger partial charge is 0.150 e. The number of nitrogens with two attached hydrogens (primary N) is 1. The van der Waals surface area contributed by atoms with Crippen molar-refractivity contribution in [3.05, 3.63) is 82.9 Å². The first-order valence-corrected chi connectivity index (χ1v) is 10.6. The summed E-state index contributed by atoms with van der Waals surface area (Å²) >= 11 is 0. The Balaban J connectivity index is 1.73. The van der Waals surface area contributed by atoms with Crippen LogP contribution in [0, 0.1) is 13.8 Å². The fraction of sp³-hybridized carbons (Fsp3) is 0.296. The van der Waals surface area contributed by atoms with E-state index in [0.717, 1.165) is 35.3 Å². The van der Waals surface area contributed by atoms with E-state index in [2.05, 4.69) is 44.2 Å². The molecule has 0 amide bonds. The molecular weight excluding hydrogens is 386 g/mol. The van der Waals surface area contributed by atoms with E-state index in [1.165, 1.54) is 16.7 Å². The molecule has 0 radical (unpaired) electrons. The zero-order valence-electron chi connectivity index (χ0n) is 18.8. The van der Waals surface area contributed by atoms with Gasteiger partial charge in [-0.05, 0) is 98.3 Å². The monoisotopic (exact) mass is 417 g/mol. The third-order valence-electron chi connectivity index (χ3n) is 5.36. The number of carbonyl (C=O) groups is 1. The van der Waals surface area contributed by atoms with Crippen molar-refractivity contribution in [3.63, 3.8) is 0 Å². The second-order valence-electron chi connectivity index (χ2n) is 8.63. The number of hydrogen-bond donors (Lipinski definition) is 1. The average Bonchev–Trinajstić information content (AvgIpc) is 2.73. The maximum atomic E-state index is 10.8. The minimum absolute atomic E-state index is 0.231. The van der Waals surface area contributed by atoms with E-state index >= 15 is 0 Å². The molecular formula is C27H31NO3. The van der Waals surface area contributed by atoms with Crippen LogP contribution < -0.4 is 15.2 Å². The van der Waals surface area contributed by atoms with Gasteiger partial charge in [0, 0.05) is 11.1 Å². The van der Waals surface area contributed by atoms with Gasteiger partial charge in [-0.2, -0.15) is 0 Å². The maximum absolute atomic E-state index is 10.8. The lowest BCUT2D eigenvalue weighted by molar-refractivity contribution is 0.112. The Bertz CT molecular complexity index is 1030. The zero-order valence-corrected chi connectivity index (χ0v) is 18.8. The fourth-order valence-electron chi connectivity index (χ4n) is 3.40. The van der Waals surface area contributed by atoms with Gasteiger partial charge in [0.25, 0.3) is 0 Å². The quantitative estimate of drug-likeness (QED) is 0.442. The molecule has 0 bridgehead atoms. The molecule has 0 aliphatic heterocycles. The van der Waals surface area contributed by atoms with Gasteiger partial charge in [-0.3, -0.25) is 4.79 Å². The van der Waals surface area contributed by atoms with Crippen molar-refractivity contribution in [2.75, 3.05) is 6.61 Å². The summed E-state index contributed by atoms with van der Waals surface area (Å²) in [6, 6.07) is 19.6. The third kappa shape index (κ3) is 6.19. The second kappa shape index (κ2) is 9.80. The van der Waals surface area contributed by atoms with Crippen LogP contribution >= 0.6 is 0 Å². The normalized spacial score (nSPS) is 11.3. The Morgan fingerprint density at radius 2 is 1.61 bits per heavy atom. The van der Waals surface area contributed by atoms with Crippen molar-refractivity contribution in [1.82, 2.24) is 0 Å². The number of hydrogen-bond acceptors (Lipinski definition) is 4. The minimum atomic E-state index is -0.231. The summed E-state index contributed by atoms with van der Waals surface area (Å²) in [5.41, 5.74) is 12.3. The van der Waals surface area contributed by atoms with E-state index in [1.807, 2.05) is 32.0 Å². The number of ether oxygens (including phenoxy) is 2. The molecule has 3 aromatic rings. The molecule has 0 aliphatic carbocycles. The number of benzene rings is 3. The molecule has 0 fully saturated rings. The Morgan fingerprint density at radius 3 is 2.26 bits per heavy atom. The van der Waals surface area contributed by atoms with Crippen molar-refractivity contribution in [1.29, 1.82) is 0 Å². The molecule has 3 aromatic carbocycles. The molecule has 4 heteroatoms. The molecule has 2 N–H and O–H groups in total. The van der Waals surface area contributed by atoms with Gasteiger partial charge >= 0.3 is 0 Å². The van der Waals surface area contributed by atoms with Gasteiger partial charge in [0.15, 0.2) is 0 Å². The van der Waals surface area contributed by atoms with Gasteiger partial charge in [0.1, 0.15) is 24.4 Å². The highest BCUT2D eigenvalue weighted by Crippen LogP contribution is 2.31. The summed E-state index contributed by atoms with van der Waals surface area (Å²) in [5.74, 6) is 1.61. The molecule has 0 aliphatic rings. The summed E-state index contributed by atoms with van der Waals surface area (Å²) < 4.78 is 11.8. The molecule has 4 nitrogen and oxygen atoms in total. The van der Waals surface area contributed by atoms with Crippen molar-refractivity contribution in [3.8, 4) is 22.6 Å². The fourth-order valence-corrected chi connectivity index (χ4v) is 3.40. The van der Waals surface area contributed by atoms with Gasteiger partial charge in [0.2, 0.25) is 0 Å². The largest absolute Gasteiger partial charge is 0.494 e. The van der Waals surface area contributed by atoms with Crippen LogP contribution in [0.1, 0.15) is 47.3 Å². The van der Waals surface area contributed by atoms with Crippen LogP contribution in [0.4, 0.5) is 0 Å². The first-order valence-electron chi connectivity index (χ1n) is 10.6. The summed E-state index contributed by atoms with van der Waals surface area (Å²) in [4.78, 5) is 10.8. The van der Waals surface area contributed by atoms with E-state index < -0.39 is 0 Å². The molecule has 0 saturated carbocycles. The predicted molar refractivity (Wildman–Crippen MR) is 126 cm³/mol. The van der Waals surface area contributed by atoms with E-state index in [9.17, 15) is 4.79 Å². The van der Waals surface area contributed by atoms with E-state index in [4.69, 9.17) is 15.2 Å². The van der Waals surface area contributed by atoms with Crippen LogP contribution in [0.15, 0.2) is 60.7 Å². The molecule has 31 heavy (non-hydrogen) atoms. The van der Waals surface area contributed by atoms with Crippen LogP contribution in [-0.2, 0) is 6.61 Å². The predicted octanol–water partition coefficient (Wildman–Crippen LogP) is 5.87. The van der Waals surface area contributed by atoms with Crippen LogP contribution in [-0.4, -0.2) is 18.4 Å². The number of aldehydes is 1. The Labute approximate surface area is 185 Å². The molecule has 0 unspecified atom stereocenters. The van der Waals surface area contributed by atoms with Gasteiger partial charge in [-0.15, -0.1) is 0 Å². The van der Waals surface area contributed by atoms with Crippen LogP contribution in [0.25, 0.3) is 11.1 Å². The first-order chi connectivity index (χ1) is 14.8. The van der Waals surface area contributed by atoms with Crippen LogP contribution in [0.5, 0.6) is 11.5 Å². The van der Waals surface area contributed by atoms with E-state index in [0.29, 0.717) is 18.8 Å². The number of carbonyl (C=O) groups excluding carboxylic acids is 1. The van der Waals surface area contributed by atoms with E-state index in [-0.39, 0.29) is 5.54 Å². The number of rotatable bonds is 9. The highest BCUT2D eigenvalue weighted by Gasteiger charge is 2.12. The van der Waals surface area contributed by atoms with Gasteiger partial charge in [0.05, 0.1) is 6.61 Å². The molecule has 3 rings (SSSR count). The summed E-state index contributed by atoms with van der Waals surface area (Å²) in [5, 5.41) is 0. The van der Waals surface area contributed by atoms with Crippen LogP contribution in [0.3, 0.4) is 0 Å². The highest BCUT2D eigenvalue weighted by molar-refractivity contribution is 5.75. The van der Waals surface area contributed by atoms with Crippen molar-refractivity contribution in [2.24, 2.45) is 5.73 Å². The first kappa shape index (κ1) is 22.6. The lowest BCUT2D eigenvalue weighted by Gasteiger charge is -2.19. The Kier molecular flexibility index (Phi) is 7.13. The topological polar surface area (TPSA) is 61.6 Å². The minimum Gasteiger partial charge on any atom is -0.494 e. The maximum Gasteiger partial charge on any atom is 0.150 e. The van der Waals surface area contributed by atoms with Crippen molar-refractivity contribution >= 4 is 6.29 Å². The molecule has 0 atom stereocenters. The average molecular weight is 418 g/mol.